The number of rotatable bonds is 10. The lowest BCUT2D eigenvalue weighted by atomic mass is 9.95. The SMILES string of the molecule is CCCNC(CC(C)COC)c1cc(OC)ccc1OC. The van der Waals surface area contributed by atoms with Gasteiger partial charge in [0.15, 0.2) is 0 Å². The quantitative estimate of drug-likeness (QED) is 0.718. The second-order valence-electron chi connectivity index (χ2n) is 5.41. The second kappa shape index (κ2) is 9.64. The molecule has 2 atom stereocenters. The minimum atomic E-state index is 0.236. The molecule has 4 nitrogen and oxygen atoms in total. The largest absolute Gasteiger partial charge is 0.497 e. The standard InChI is InChI=1S/C17H29NO3/c1-6-9-18-16(10-13(2)12-19-3)15-11-14(20-4)7-8-17(15)21-5/h7-8,11,13,16,18H,6,9-10,12H2,1-5H3. The number of hydrogen-bond donors (Lipinski definition) is 1. The summed E-state index contributed by atoms with van der Waals surface area (Å²) < 4.78 is 16.1. The molecule has 0 spiro atoms. The fourth-order valence-electron chi connectivity index (χ4n) is 2.51. The van der Waals surface area contributed by atoms with E-state index in [4.69, 9.17) is 14.2 Å². The first-order valence-corrected chi connectivity index (χ1v) is 7.60. The minimum Gasteiger partial charge on any atom is -0.497 e. The highest BCUT2D eigenvalue weighted by Crippen LogP contribution is 2.32. The molecule has 0 aliphatic heterocycles. The van der Waals surface area contributed by atoms with Gasteiger partial charge in [0, 0.05) is 25.3 Å². The van der Waals surface area contributed by atoms with E-state index in [0.717, 1.165) is 43.1 Å². The summed E-state index contributed by atoms with van der Waals surface area (Å²) in [6.07, 6.45) is 2.10. The van der Waals surface area contributed by atoms with Gasteiger partial charge in [-0.05, 0) is 43.5 Å². The molecule has 4 heteroatoms. The maximum Gasteiger partial charge on any atom is 0.123 e. The van der Waals surface area contributed by atoms with Gasteiger partial charge >= 0.3 is 0 Å². The molecule has 1 N–H and O–H groups in total. The van der Waals surface area contributed by atoms with E-state index in [0.29, 0.717) is 5.92 Å². The highest BCUT2D eigenvalue weighted by atomic mass is 16.5. The zero-order valence-electron chi connectivity index (χ0n) is 13.9. The van der Waals surface area contributed by atoms with Gasteiger partial charge in [-0.3, -0.25) is 0 Å². The first-order valence-electron chi connectivity index (χ1n) is 7.60. The zero-order valence-corrected chi connectivity index (χ0v) is 13.9. The summed E-state index contributed by atoms with van der Waals surface area (Å²) in [5.74, 6) is 2.22. The Morgan fingerprint density at radius 1 is 1.14 bits per heavy atom. The predicted octanol–water partition coefficient (Wildman–Crippen LogP) is 3.42. The molecule has 2 unspecified atom stereocenters. The van der Waals surface area contributed by atoms with Gasteiger partial charge in [0.05, 0.1) is 14.2 Å². The Balaban J connectivity index is 2.99. The lowest BCUT2D eigenvalue weighted by Gasteiger charge is -2.24. The third-order valence-electron chi connectivity index (χ3n) is 3.54. The monoisotopic (exact) mass is 295 g/mol. The number of benzene rings is 1. The van der Waals surface area contributed by atoms with Crippen LogP contribution >= 0.6 is 0 Å². The van der Waals surface area contributed by atoms with E-state index in [1.807, 2.05) is 12.1 Å². The van der Waals surface area contributed by atoms with Crippen molar-refractivity contribution in [3.8, 4) is 11.5 Å². The molecular weight excluding hydrogens is 266 g/mol. The Bertz CT molecular complexity index is 409. The highest BCUT2D eigenvalue weighted by Gasteiger charge is 2.19. The van der Waals surface area contributed by atoms with Crippen LogP contribution in [-0.4, -0.2) is 34.5 Å². The van der Waals surface area contributed by atoms with E-state index in [1.165, 1.54) is 0 Å². The van der Waals surface area contributed by atoms with Crippen LogP contribution in [0.4, 0.5) is 0 Å². The fraction of sp³-hybridized carbons (Fsp3) is 0.647. The number of methoxy groups -OCH3 is 3. The summed E-state index contributed by atoms with van der Waals surface area (Å²) in [5, 5.41) is 3.61. The molecular formula is C17H29NO3. The number of nitrogens with one attached hydrogen (secondary N) is 1. The van der Waals surface area contributed by atoms with Crippen LogP contribution in [0.15, 0.2) is 18.2 Å². The van der Waals surface area contributed by atoms with Gasteiger partial charge in [-0.1, -0.05) is 13.8 Å². The van der Waals surface area contributed by atoms with Crippen LogP contribution in [-0.2, 0) is 4.74 Å². The maximum absolute atomic E-state index is 5.52. The van der Waals surface area contributed by atoms with E-state index >= 15 is 0 Å². The molecule has 0 bridgehead atoms. The molecule has 0 aliphatic carbocycles. The van der Waals surface area contributed by atoms with E-state index in [2.05, 4.69) is 25.2 Å². The van der Waals surface area contributed by atoms with Crippen molar-refractivity contribution in [2.45, 2.75) is 32.7 Å². The summed E-state index contributed by atoms with van der Waals surface area (Å²) in [6, 6.07) is 6.19. The minimum absolute atomic E-state index is 0.236. The summed E-state index contributed by atoms with van der Waals surface area (Å²) in [6.45, 7) is 6.11. The average Bonchev–Trinajstić information content (AvgIpc) is 2.51. The summed E-state index contributed by atoms with van der Waals surface area (Å²) in [7, 11) is 5.14. The molecule has 1 aromatic rings. The topological polar surface area (TPSA) is 39.7 Å². The van der Waals surface area contributed by atoms with Crippen molar-refractivity contribution in [2.75, 3.05) is 34.5 Å². The molecule has 0 radical (unpaired) electrons. The molecule has 120 valence electrons. The Labute approximate surface area is 128 Å². The molecule has 0 amide bonds. The third-order valence-corrected chi connectivity index (χ3v) is 3.54. The van der Waals surface area contributed by atoms with Crippen LogP contribution in [0.5, 0.6) is 11.5 Å². The zero-order chi connectivity index (χ0) is 15.7. The van der Waals surface area contributed by atoms with Gasteiger partial charge in [-0.15, -0.1) is 0 Å². The van der Waals surface area contributed by atoms with Gasteiger partial charge in [0.1, 0.15) is 11.5 Å². The molecule has 1 rings (SSSR count). The van der Waals surface area contributed by atoms with Crippen LogP contribution in [0.1, 0.15) is 38.3 Å². The van der Waals surface area contributed by atoms with Crippen molar-refractivity contribution in [3.63, 3.8) is 0 Å². The first-order chi connectivity index (χ1) is 10.2. The maximum atomic E-state index is 5.52. The highest BCUT2D eigenvalue weighted by molar-refractivity contribution is 5.42. The second-order valence-corrected chi connectivity index (χ2v) is 5.41. The average molecular weight is 295 g/mol. The molecule has 0 aromatic heterocycles. The molecule has 0 aliphatic rings. The molecule has 1 aromatic carbocycles. The molecule has 0 saturated carbocycles. The van der Waals surface area contributed by atoms with Crippen LogP contribution in [0.3, 0.4) is 0 Å². The molecule has 21 heavy (non-hydrogen) atoms. The lowest BCUT2D eigenvalue weighted by Crippen LogP contribution is -2.25. The van der Waals surface area contributed by atoms with Crippen LogP contribution in [0.25, 0.3) is 0 Å². The van der Waals surface area contributed by atoms with Crippen LogP contribution in [0.2, 0.25) is 0 Å². The van der Waals surface area contributed by atoms with Crippen molar-refractivity contribution in [3.05, 3.63) is 23.8 Å². The van der Waals surface area contributed by atoms with E-state index in [9.17, 15) is 0 Å². The summed E-state index contributed by atoms with van der Waals surface area (Å²) >= 11 is 0. The van der Waals surface area contributed by atoms with Gasteiger partial charge in [0.25, 0.3) is 0 Å². The van der Waals surface area contributed by atoms with Crippen LogP contribution in [0, 0.1) is 5.92 Å². The van der Waals surface area contributed by atoms with Gasteiger partial charge in [-0.2, -0.15) is 0 Å². The van der Waals surface area contributed by atoms with E-state index in [1.54, 1.807) is 21.3 Å². The predicted molar refractivity (Wildman–Crippen MR) is 86.2 cm³/mol. The van der Waals surface area contributed by atoms with Crippen LogP contribution < -0.4 is 14.8 Å². The Morgan fingerprint density at radius 3 is 2.48 bits per heavy atom. The lowest BCUT2D eigenvalue weighted by molar-refractivity contribution is 0.149. The van der Waals surface area contributed by atoms with E-state index < -0.39 is 0 Å². The normalized spacial score (nSPS) is 13.8. The van der Waals surface area contributed by atoms with Crippen molar-refractivity contribution < 1.29 is 14.2 Å². The first kappa shape index (κ1) is 17.8. The van der Waals surface area contributed by atoms with Gasteiger partial charge < -0.3 is 19.5 Å². The Hall–Kier alpha value is -1.26. The Kier molecular flexibility index (Phi) is 8.16. The summed E-state index contributed by atoms with van der Waals surface area (Å²) in [4.78, 5) is 0. The molecule has 0 fully saturated rings. The van der Waals surface area contributed by atoms with Gasteiger partial charge in [-0.25, -0.2) is 0 Å². The Morgan fingerprint density at radius 2 is 1.90 bits per heavy atom. The molecule has 0 saturated heterocycles. The van der Waals surface area contributed by atoms with Gasteiger partial charge in [0.2, 0.25) is 0 Å². The number of ether oxygens (including phenoxy) is 3. The van der Waals surface area contributed by atoms with Crippen molar-refractivity contribution in [2.24, 2.45) is 5.92 Å². The number of hydrogen-bond acceptors (Lipinski definition) is 4. The smallest absolute Gasteiger partial charge is 0.123 e. The molecule has 0 heterocycles. The fourth-order valence-corrected chi connectivity index (χ4v) is 2.51. The summed E-state index contributed by atoms with van der Waals surface area (Å²) in [5.41, 5.74) is 1.15. The third kappa shape index (κ3) is 5.56. The van der Waals surface area contributed by atoms with Crippen molar-refractivity contribution >= 4 is 0 Å². The van der Waals surface area contributed by atoms with Crippen molar-refractivity contribution in [1.82, 2.24) is 5.32 Å². The van der Waals surface area contributed by atoms with Crippen molar-refractivity contribution in [1.29, 1.82) is 0 Å². The van der Waals surface area contributed by atoms with E-state index in [-0.39, 0.29) is 6.04 Å².